The lowest BCUT2D eigenvalue weighted by molar-refractivity contribution is 1.33. The lowest BCUT2D eigenvalue weighted by Gasteiger charge is -2.03. The Balaban J connectivity index is 2.53. The number of allylic oxidation sites excluding steroid dienone is 1. The first-order valence-electron chi connectivity index (χ1n) is 3.93. The first-order valence-corrected chi connectivity index (χ1v) is 3.93. The minimum Gasteiger partial charge on any atom is -0.278 e. The highest BCUT2D eigenvalue weighted by molar-refractivity contribution is 5.84. The molecule has 12 heavy (non-hydrogen) atoms. The van der Waals surface area contributed by atoms with E-state index in [9.17, 15) is 0 Å². The molecular weight excluding hydrogens is 148 g/mol. The first kappa shape index (κ1) is 7.10. The maximum Gasteiger partial charge on any atom is 0.0636 e. The molecule has 60 valence electrons. The molecule has 2 nitrogen and oxygen atoms in total. The highest BCUT2D eigenvalue weighted by Gasteiger charge is 1.99. The number of hydrazone groups is 1. The van der Waals surface area contributed by atoms with Crippen LogP contribution in [0.4, 0.5) is 5.69 Å². The molecule has 0 bridgehead atoms. The van der Waals surface area contributed by atoms with Crippen LogP contribution in [0.5, 0.6) is 0 Å². The number of hydrogen-bond acceptors (Lipinski definition) is 2. The normalized spacial score (nSPS) is 13.4. The fourth-order valence-corrected chi connectivity index (χ4v) is 1.21. The van der Waals surface area contributed by atoms with Crippen molar-refractivity contribution < 1.29 is 0 Å². The van der Waals surface area contributed by atoms with Crippen LogP contribution >= 0.6 is 0 Å². The predicted molar refractivity (Wildman–Crippen MR) is 52.3 cm³/mol. The molecule has 0 aliphatic carbocycles. The summed E-state index contributed by atoms with van der Waals surface area (Å²) < 4.78 is 0. The van der Waals surface area contributed by atoms with Gasteiger partial charge in [0.25, 0.3) is 0 Å². The van der Waals surface area contributed by atoms with Gasteiger partial charge >= 0.3 is 0 Å². The summed E-state index contributed by atoms with van der Waals surface area (Å²) in [4.78, 5) is 0. The van der Waals surface area contributed by atoms with E-state index in [1.807, 2.05) is 12.2 Å². The van der Waals surface area contributed by atoms with Gasteiger partial charge in [-0.25, -0.2) is 0 Å². The molecular formula is C10H10N2. The Hall–Kier alpha value is -1.57. The van der Waals surface area contributed by atoms with Gasteiger partial charge in [-0.3, -0.25) is 5.43 Å². The van der Waals surface area contributed by atoms with Crippen molar-refractivity contribution in [2.45, 2.75) is 6.92 Å². The van der Waals surface area contributed by atoms with Gasteiger partial charge < -0.3 is 0 Å². The molecule has 2 heteroatoms. The Kier molecular flexibility index (Phi) is 1.67. The molecule has 0 saturated heterocycles. The Bertz CT molecular complexity index is 351. The van der Waals surface area contributed by atoms with Crippen molar-refractivity contribution in [2.75, 3.05) is 5.43 Å². The molecule has 1 aliphatic rings. The van der Waals surface area contributed by atoms with E-state index in [0.29, 0.717) is 0 Å². The second kappa shape index (κ2) is 2.81. The molecule has 1 heterocycles. The molecule has 0 spiro atoms. The van der Waals surface area contributed by atoms with Crippen LogP contribution in [0, 0.1) is 6.92 Å². The van der Waals surface area contributed by atoms with Gasteiger partial charge in [0.2, 0.25) is 0 Å². The monoisotopic (exact) mass is 158 g/mol. The smallest absolute Gasteiger partial charge is 0.0636 e. The molecule has 0 unspecified atom stereocenters. The lowest BCUT2D eigenvalue weighted by Crippen LogP contribution is -1.89. The third-order valence-electron chi connectivity index (χ3n) is 1.83. The number of aryl methyl sites for hydroxylation is 1. The molecule has 1 N–H and O–H groups in total. The highest BCUT2D eigenvalue weighted by atomic mass is 15.3. The van der Waals surface area contributed by atoms with Crippen LogP contribution in [0.25, 0.3) is 6.08 Å². The Labute approximate surface area is 71.6 Å². The van der Waals surface area contributed by atoms with Crippen LogP contribution < -0.4 is 5.43 Å². The van der Waals surface area contributed by atoms with Crippen molar-refractivity contribution in [3.8, 4) is 0 Å². The topological polar surface area (TPSA) is 24.4 Å². The van der Waals surface area contributed by atoms with Gasteiger partial charge in [0.05, 0.1) is 5.69 Å². The number of nitrogens with one attached hydrogen (secondary N) is 1. The van der Waals surface area contributed by atoms with E-state index in [2.05, 4.69) is 35.7 Å². The van der Waals surface area contributed by atoms with Crippen molar-refractivity contribution in [1.29, 1.82) is 0 Å². The molecule has 0 saturated carbocycles. The fraction of sp³-hybridized carbons (Fsp3) is 0.100. The molecule has 1 aromatic carbocycles. The molecule has 1 aliphatic heterocycles. The van der Waals surface area contributed by atoms with Gasteiger partial charge in [0, 0.05) is 6.21 Å². The second-order valence-corrected chi connectivity index (χ2v) is 2.84. The standard InChI is InChI=1S/C10H10N2/c1-8-4-5-9-3-2-6-11-12-10(9)7-8/h2-7,12H,1H3. The van der Waals surface area contributed by atoms with E-state index in [1.165, 1.54) is 11.1 Å². The Morgan fingerprint density at radius 2 is 2.25 bits per heavy atom. The zero-order valence-electron chi connectivity index (χ0n) is 6.91. The van der Waals surface area contributed by atoms with Crippen molar-refractivity contribution in [3.05, 3.63) is 35.4 Å². The van der Waals surface area contributed by atoms with Crippen molar-refractivity contribution in [2.24, 2.45) is 5.10 Å². The van der Waals surface area contributed by atoms with Gasteiger partial charge in [-0.05, 0) is 30.2 Å². The number of anilines is 1. The van der Waals surface area contributed by atoms with Crippen molar-refractivity contribution >= 4 is 18.0 Å². The van der Waals surface area contributed by atoms with E-state index in [-0.39, 0.29) is 0 Å². The number of fused-ring (bicyclic) bond motifs is 1. The zero-order valence-corrected chi connectivity index (χ0v) is 6.91. The third kappa shape index (κ3) is 1.23. The van der Waals surface area contributed by atoms with E-state index >= 15 is 0 Å². The van der Waals surface area contributed by atoms with Gasteiger partial charge in [0.1, 0.15) is 0 Å². The number of nitrogens with zero attached hydrogens (tertiary/aromatic N) is 1. The summed E-state index contributed by atoms with van der Waals surface area (Å²) in [7, 11) is 0. The fourth-order valence-electron chi connectivity index (χ4n) is 1.21. The minimum absolute atomic E-state index is 1.07. The van der Waals surface area contributed by atoms with Gasteiger partial charge in [-0.15, -0.1) is 0 Å². The summed E-state index contributed by atoms with van der Waals surface area (Å²) in [6.45, 7) is 2.07. The second-order valence-electron chi connectivity index (χ2n) is 2.84. The summed E-state index contributed by atoms with van der Waals surface area (Å²) in [5, 5.41) is 3.99. The average Bonchev–Trinajstić information content (AvgIpc) is 2.28. The summed E-state index contributed by atoms with van der Waals surface area (Å²) in [5.74, 6) is 0. The zero-order chi connectivity index (χ0) is 8.39. The summed E-state index contributed by atoms with van der Waals surface area (Å²) >= 11 is 0. The Morgan fingerprint density at radius 1 is 1.33 bits per heavy atom. The molecule has 0 atom stereocenters. The molecule has 0 aromatic heterocycles. The number of rotatable bonds is 0. The van der Waals surface area contributed by atoms with Crippen LogP contribution in [-0.4, -0.2) is 6.21 Å². The first-order chi connectivity index (χ1) is 5.86. The van der Waals surface area contributed by atoms with Crippen LogP contribution in [0.3, 0.4) is 0 Å². The SMILES string of the molecule is Cc1ccc2c(c1)NN=CC=C2. The average molecular weight is 158 g/mol. The third-order valence-corrected chi connectivity index (χ3v) is 1.83. The summed E-state index contributed by atoms with van der Waals surface area (Å²) in [6.07, 6.45) is 5.71. The maximum absolute atomic E-state index is 3.99. The summed E-state index contributed by atoms with van der Waals surface area (Å²) in [6, 6.07) is 6.27. The molecule has 1 aromatic rings. The van der Waals surface area contributed by atoms with Crippen LogP contribution in [0.1, 0.15) is 11.1 Å². The summed E-state index contributed by atoms with van der Waals surface area (Å²) in [5.41, 5.74) is 6.46. The predicted octanol–water partition coefficient (Wildman–Crippen LogP) is 2.42. The minimum atomic E-state index is 1.07. The van der Waals surface area contributed by atoms with E-state index in [4.69, 9.17) is 0 Å². The van der Waals surface area contributed by atoms with Gasteiger partial charge in [-0.1, -0.05) is 18.2 Å². The van der Waals surface area contributed by atoms with E-state index < -0.39 is 0 Å². The molecule has 0 amide bonds. The number of hydrogen-bond donors (Lipinski definition) is 1. The van der Waals surface area contributed by atoms with Crippen molar-refractivity contribution in [3.63, 3.8) is 0 Å². The van der Waals surface area contributed by atoms with Crippen LogP contribution in [-0.2, 0) is 0 Å². The highest BCUT2D eigenvalue weighted by Crippen LogP contribution is 2.19. The molecule has 0 radical (unpaired) electrons. The van der Waals surface area contributed by atoms with E-state index in [0.717, 1.165) is 5.69 Å². The van der Waals surface area contributed by atoms with E-state index in [1.54, 1.807) is 6.21 Å². The van der Waals surface area contributed by atoms with Gasteiger partial charge in [0.15, 0.2) is 0 Å². The quantitative estimate of drug-likeness (QED) is 0.616. The molecule has 2 rings (SSSR count). The number of benzene rings is 1. The van der Waals surface area contributed by atoms with Gasteiger partial charge in [-0.2, -0.15) is 5.10 Å². The van der Waals surface area contributed by atoms with Crippen molar-refractivity contribution in [1.82, 2.24) is 0 Å². The van der Waals surface area contributed by atoms with Crippen LogP contribution in [0.15, 0.2) is 29.4 Å². The largest absolute Gasteiger partial charge is 0.278 e. The maximum atomic E-state index is 3.99. The lowest BCUT2D eigenvalue weighted by atomic mass is 10.1. The Morgan fingerprint density at radius 3 is 3.17 bits per heavy atom. The van der Waals surface area contributed by atoms with Crippen LogP contribution in [0.2, 0.25) is 0 Å². The molecule has 0 fully saturated rings.